The summed E-state index contributed by atoms with van der Waals surface area (Å²) in [5, 5.41) is 1.07. The van der Waals surface area contributed by atoms with Crippen molar-refractivity contribution in [2.45, 2.75) is 33.6 Å². The van der Waals surface area contributed by atoms with E-state index >= 15 is 0 Å². The van der Waals surface area contributed by atoms with E-state index in [1.165, 1.54) is 22.3 Å². The molecule has 1 heterocycles. The van der Waals surface area contributed by atoms with Crippen LogP contribution in [0, 0.1) is 13.8 Å². The van der Waals surface area contributed by atoms with Crippen molar-refractivity contribution in [2.75, 3.05) is 13.7 Å². The van der Waals surface area contributed by atoms with Crippen molar-refractivity contribution in [3.8, 4) is 28.1 Å². The van der Waals surface area contributed by atoms with Crippen LogP contribution in [-0.2, 0) is 16.0 Å². The first-order valence-electron chi connectivity index (χ1n) is 11.3. The van der Waals surface area contributed by atoms with E-state index in [1.807, 2.05) is 19.1 Å². The predicted octanol–water partition coefficient (Wildman–Crippen LogP) is 6.69. The molecule has 1 aromatic heterocycles. The van der Waals surface area contributed by atoms with Crippen LogP contribution in [0.3, 0.4) is 0 Å². The Morgan fingerprint density at radius 2 is 1.67 bits per heavy atom. The number of methoxy groups -OCH3 is 1. The molecule has 4 rings (SSSR count). The summed E-state index contributed by atoms with van der Waals surface area (Å²) in [6, 6.07) is 23.0. The van der Waals surface area contributed by atoms with Crippen molar-refractivity contribution in [3.63, 3.8) is 0 Å². The number of pyridine rings is 1. The van der Waals surface area contributed by atoms with Gasteiger partial charge in [-0.05, 0) is 91.4 Å². The Labute approximate surface area is 195 Å². The van der Waals surface area contributed by atoms with Gasteiger partial charge in [0.05, 0.1) is 24.9 Å². The highest BCUT2D eigenvalue weighted by Gasteiger charge is 2.11. The molecule has 33 heavy (non-hydrogen) atoms. The van der Waals surface area contributed by atoms with Crippen LogP contribution in [0.5, 0.6) is 5.75 Å². The molecule has 168 valence electrons. The highest BCUT2D eigenvalue weighted by molar-refractivity contribution is 5.83. The summed E-state index contributed by atoms with van der Waals surface area (Å²) in [7, 11) is 1.70. The topological polar surface area (TPSA) is 48.4 Å². The zero-order valence-corrected chi connectivity index (χ0v) is 19.6. The molecule has 0 radical (unpaired) electrons. The number of ether oxygens (including phenoxy) is 2. The van der Waals surface area contributed by atoms with E-state index in [0.717, 1.165) is 33.5 Å². The van der Waals surface area contributed by atoms with E-state index in [1.54, 1.807) is 7.11 Å². The molecule has 0 fully saturated rings. The van der Waals surface area contributed by atoms with E-state index in [0.29, 0.717) is 19.4 Å². The zero-order valence-electron chi connectivity index (χ0n) is 19.6. The van der Waals surface area contributed by atoms with Gasteiger partial charge in [0.2, 0.25) is 0 Å². The number of nitrogens with zero attached hydrogens (tertiary/aromatic N) is 1. The van der Waals surface area contributed by atoms with Crippen molar-refractivity contribution < 1.29 is 14.3 Å². The van der Waals surface area contributed by atoms with Gasteiger partial charge in [-0.15, -0.1) is 0 Å². The Bertz CT molecular complexity index is 1290. The largest absolute Gasteiger partial charge is 0.497 e. The third-order valence-corrected chi connectivity index (χ3v) is 5.87. The molecule has 4 nitrogen and oxygen atoms in total. The fourth-order valence-electron chi connectivity index (χ4n) is 4.30. The Morgan fingerprint density at radius 3 is 2.39 bits per heavy atom. The van der Waals surface area contributed by atoms with Crippen molar-refractivity contribution in [3.05, 3.63) is 83.4 Å². The minimum atomic E-state index is -0.159. The van der Waals surface area contributed by atoms with Crippen LogP contribution >= 0.6 is 0 Å². The molecule has 4 aromatic rings. The first-order valence-corrected chi connectivity index (χ1v) is 11.3. The summed E-state index contributed by atoms with van der Waals surface area (Å²) >= 11 is 0. The van der Waals surface area contributed by atoms with E-state index in [2.05, 4.69) is 68.4 Å². The highest BCUT2D eigenvalue weighted by Crippen LogP contribution is 2.33. The molecule has 0 aliphatic rings. The number of hydrogen-bond donors (Lipinski definition) is 0. The maximum absolute atomic E-state index is 11.6. The number of fused-ring (bicyclic) bond motifs is 1. The maximum atomic E-state index is 11.6. The second-order valence-corrected chi connectivity index (χ2v) is 8.25. The Kier molecular flexibility index (Phi) is 6.74. The van der Waals surface area contributed by atoms with Crippen LogP contribution < -0.4 is 4.74 Å². The summed E-state index contributed by atoms with van der Waals surface area (Å²) in [6.07, 6.45) is 1.06. The summed E-state index contributed by atoms with van der Waals surface area (Å²) in [6.45, 7) is 6.48. The smallest absolute Gasteiger partial charge is 0.306 e. The lowest BCUT2D eigenvalue weighted by Gasteiger charge is -2.14. The van der Waals surface area contributed by atoms with E-state index in [-0.39, 0.29) is 5.97 Å². The van der Waals surface area contributed by atoms with E-state index < -0.39 is 0 Å². The highest BCUT2D eigenvalue weighted by atomic mass is 16.5. The van der Waals surface area contributed by atoms with Gasteiger partial charge in [0.1, 0.15) is 5.75 Å². The Hall–Kier alpha value is -3.66. The van der Waals surface area contributed by atoms with Crippen LogP contribution in [-0.4, -0.2) is 24.7 Å². The lowest BCUT2D eigenvalue weighted by molar-refractivity contribution is -0.143. The van der Waals surface area contributed by atoms with Crippen molar-refractivity contribution >= 4 is 16.9 Å². The number of benzene rings is 3. The SMILES string of the molecule is CCOC(=O)CCc1ccc2nc(-c3cccc(-c4c(C)cc(OC)cc4C)c3)ccc2c1. The minimum Gasteiger partial charge on any atom is -0.497 e. The van der Waals surface area contributed by atoms with Crippen molar-refractivity contribution in [1.82, 2.24) is 4.98 Å². The second-order valence-electron chi connectivity index (χ2n) is 8.25. The molecule has 4 heteroatoms. The monoisotopic (exact) mass is 439 g/mol. The molecule has 0 saturated carbocycles. The average Bonchev–Trinajstić information content (AvgIpc) is 2.82. The third-order valence-electron chi connectivity index (χ3n) is 5.87. The van der Waals surface area contributed by atoms with Gasteiger partial charge < -0.3 is 9.47 Å². The molecule has 0 aliphatic carbocycles. The van der Waals surface area contributed by atoms with Gasteiger partial charge in [0.25, 0.3) is 0 Å². The molecule has 0 amide bonds. The molecule has 0 N–H and O–H groups in total. The zero-order chi connectivity index (χ0) is 23.4. The molecule has 3 aromatic carbocycles. The molecule has 0 aliphatic heterocycles. The Balaban J connectivity index is 1.62. The molecule has 0 bridgehead atoms. The maximum Gasteiger partial charge on any atom is 0.306 e. The summed E-state index contributed by atoms with van der Waals surface area (Å²) in [4.78, 5) is 16.6. The van der Waals surface area contributed by atoms with Gasteiger partial charge in [-0.2, -0.15) is 0 Å². The number of esters is 1. The number of hydrogen-bond acceptors (Lipinski definition) is 4. The first-order chi connectivity index (χ1) is 16.0. The molecule has 0 spiro atoms. The molecular formula is C29H29NO3. The summed E-state index contributed by atoms with van der Waals surface area (Å²) in [5.74, 6) is 0.719. The van der Waals surface area contributed by atoms with E-state index in [4.69, 9.17) is 14.5 Å². The predicted molar refractivity (Wildman–Crippen MR) is 134 cm³/mol. The quantitative estimate of drug-likeness (QED) is 0.301. The summed E-state index contributed by atoms with van der Waals surface area (Å²) in [5.41, 5.74) is 8.83. The van der Waals surface area contributed by atoms with Crippen LogP contribution in [0.25, 0.3) is 33.3 Å². The first kappa shape index (κ1) is 22.5. The molecular weight excluding hydrogens is 410 g/mol. The molecule has 0 saturated heterocycles. The lowest BCUT2D eigenvalue weighted by atomic mass is 9.93. The van der Waals surface area contributed by atoms with Crippen molar-refractivity contribution in [1.29, 1.82) is 0 Å². The van der Waals surface area contributed by atoms with Gasteiger partial charge in [-0.25, -0.2) is 4.98 Å². The van der Waals surface area contributed by atoms with Crippen LogP contribution in [0.15, 0.2) is 66.7 Å². The number of aromatic nitrogens is 1. The van der Waals surface area contributed by atoms with Gasteiger partial charge >= 0.3 is 5.97 Å². The van der Waals surface area contributed by atoms with Crippen molar-refractivity contribution in [2.24, 2.45) is 0 Å². The minimum absolute atomic E-state index is 0.159. The van der Waals surface area contributed by atoms with Gasteiger partial charge in [-0.3, -0.25) is 4.79 Å². The summed E-state index contributed by atoms with van der Waals surface area (Å²) < 4.78 is 10.4. The van der Waals surface area contributed by atoms with Crippen LogP contribution in [0.1, 0.15) is 30.0 Å². The number of rotatable bonds is 7. The van der Waals surface area contributed by atoms with Crippen LogP contribution in [0.2, 0.25) is 0 Å². The van der Waals surface area contributed by atoms with Crippen LogP contribution in [0.4, 0.5) is 0 Å². The molecule has 0 unspecified atom stereocenters. The fourth-order valence-corrected chi connectivity index (χ4v) is 4.30. The number of carbonyl (C=O) groups is 1. The normalized spacial score (nSPS) is 10.9. The lowest BCUT2D eigenvalue weighted by Crippen LogP contribution is -2.05. The fraction of sp³-hybridized carbons (Fsp3) is 0.241. The number of carbonyl (C=O) groups excluding carboxylic acids is 1. The van der Waals surface area contributed by atoms with Gasteiger partial charge in [0.15, 0.2) is 0 Å². The Morgan fingerprint density at radius 1 is 0.909 bits per heavy atom. The van der Waals surface area contributed by atoms with E-state index in [9.17, 15) is 4.79 Å². The number of aryl methyl sites for hydroxylation is 3. The standard InChI is InChI=1S/C29H29NO3/c1-5-33-28(31)14-10-21-9-12-26-23(17-21)11-13-27(30-26)22-7-6-8-24(18-22)29-19(2)15-25(32-4)16-20(29)3/h6-9,11-13,15-18H,5,10,14H2,1-4H3. The van der Waals surface area contributed by atoms with Gasteiger partial charge in [0, 0.05) is 17.4 Å². The molecule has 0 atom stereocenters. The third kappa shape index (κ3) is 5.06. The van der Waals surface area contributed by atoms with Gasteiger partial charge in [-0.1, -0.05) is 30.3 Å². The second kappa shape index (κ2) is 9.86. The average molecular weight is 440 g/mol.